The normalized spacial score (nSPS) is 10.0. The quantitative estimate of drug-likeness (QED) is 0.738. The highest BCUT2D eigenvalue weighted by Crippen LogP contribution is 2.21. The standard InChI is InChI=1S/C19H12F2N4O/c20-14-5-3-6-15(21)18(14)25-19(26)13-8-9-17(23-11-13)24-16-7-2-1-4-12(16)10-22/h1-9,11H,(H,23,24)(H,25,26). The van der Waals surface area contributed by atoms with Crippen LogP contribution in [0.25, 0.3) is 0 Å². The molecule has 2 aromatic carbocycles. The number of hydrogen-bond donors (Lipinski definition) is 2. The molecule has 1 heterocycles. The minimum absolute atomic E-state index is 0.131. The highest BCUT2D eigenvalue weighted by molar-refractivity contribution is 6.04. The van der Waals surface area contributed by atoms with Crippen molar-refractivity contribution in [2.45, 2.75) is 0 Å². The molecule has 5 nitrogen and oxygen atoms in total. The SMILES string of the molecule is N#Cc1ccccc1Nc1ccc(C(=O)Nc2c(F)cccc2F)cn1. The summed E-state index contributed by atoms with van der Waals surface area (Å²) < 4.78 is 27.2. The van der Waals surface area contributed by atoms with Gasteiger partial charge in [0.1, 0.15) is 29.2 Å². The summed E-state index contributed by atoms with van der Waals surface area (Å²) in [6, 6.07) is 15.3. The third kappa shape index (κ3) is 3.65. The van der Waals surface area contributed by atoms with Crippen LogP contribution >= 0.6 is 0 Å². The Kier molecular flexibility index (Phi) is 4.85. The van der Waals surface area contributed by atoms with Crippen molar-refractivity contribution >= 4 is 23.1 Å². The summed E-state index contributed by atoms with van der Waals surface area (Å²) >= 11 is 0. The summed E-state index contributed by atoms with van der Waals surface area (Å²) in [7, 11) is 0. The number of hydrogen-bond acceptors (Lipinski definition) is 4. The molecule has 7 heteroatoms. The minimum Gasteiger partial charge on any atom is -0.339 e. The Bertz CT molecular complexity index is 977. The number of nitrogens with one attached hydrogen (secondary N) is 2. The molecule has 0 unspecified atom stereocenters. The molecular weight excluding hydrogens is 338 g/mol. The molecule has 2 N–H and O–H groups in total. The molecule has 0 aliphatic heterocycles. The molecule has 1 amide bonds. The number of para-hydroxylation sites is 2. The van der Waals surface area contributed by atoms with Gasteiger partial charge in [0.25, 0.3) is 5.91 Å². The second-order valence-corrected chi connectivity index (χ2v) is 5.27. The van der Waals surface area contributed by atoms with Gasteiger partial charge in [0.2, 0.25) is 0 Å². The third-order valence-electron chi connectivity index (χ3n) is 3.54. The summed E-state index contributed by atoms with van der Waals surface area (Å²) in [6.07, 6.45) is 1.27. The monoisotopic (exact) mass is 350 g/mol. The van der Waals surface area contributed by atoms with Gasteiger partial charge in [0, 0.05) is 6.20 Å². The molecule has 128 valence electrons. The van der Waals surface area contributed by atoms with Gasteiger partial charge in [-0.2, -0.15) is 5.26 Å². The third-order valence-corrected chi connectivity index (χ3v) is 3.54. The van der Waals surface area contributed by atoms with Crippen LogP contribution in [0.15, 0.2) is 60.8 Å². The molecule has 0 aliphatic rings. The number of nitrogens with zero attached hydrogens (tertiary/aromatic N) is 2. The Balaban J connectivity index is 1.75. The average Bonchev–Trinajstić information content (AvgIpc) is 2.66. The summed E-state index contributed by atoms with van der Waals surface area (Å²) in [5, 5.41) is 14.2. The van der Waals surface area contributed by atoms with E-state index >= 15 is 0 Å². The predicted octanol–water partition coefficient (Wildman–Crippen LogP) is 4.23. The molecule has 0 saturated carbocycles. The maximum atomic E-state index is 13.6. The number of halogens is 2. The number of benzene rings is 2. The van der Waals surface area contributed by atoms with E-state index in [1.807, 2.05) is 0 Å². The van der Waals surface area contributed by atoms with Crippen molar-refractivity contribution in [3.63, 3.8) is 0 Å². The van der Waals surface area contributed by atoms with Crippen LogP contribution in [0.3, 0.4) is 0 Å². The van der Waals surface area contributed by atoms with Gasteiger partial charge in [-0.3, -0.25) is 4.79 Å². The number of nitriles is 1. The van der Waals surface area contributed by atoms with Crippen molar-refractivity contribution in [1.82, 2.24) is 4.98 Å². The number of amides is 1. The Hall–Kier alpha value is -3.79. The van der Waals surface area contributed by atoms with Gasteiger partial charge in [-0.25, -0.2) is 13.8 Å². The summed E-state index contributed by atoms with van der Waals surface area (Å²) in [4.78, 5) is 16.2. The van der Waals surface area contributed by atoms with E-state index in [2.05, 4.69) is 21.7 Å². The lowest BCUT2D eigenvalue weighted by atomic mass is 10.2. The maximum Gasteiger partial charge on any atom is 0.257 e. The van der Waals surface area contributed by atoms with E-state index in [9.17, 15) is 13.6 Å². The lowest BCUT2D eigenvalue weighted by Crippen LogP contribution is -2.14. The first-order chi connectivity index (χ1) is 12.6. The topological polar surface area (TPSA) is 77.8 Å². The van der Waals surface area contributed by atoms with Gasteiger partial charge >= 0.3 is 0 Å². The van der Waals surface area contributed by atoms with E-state index in [0.717, 1.165) is 12.1 Å². The van der Waals surface area contributed by atoms with Crippen LogP contribution < -0.4 is 10.6 Å². The zero-order chi connectivity index (χ0) is 18.5. The fourth-order valence-corrected chi connectivity index (χ4v) is 2.23. The van der Waals surface area contributed by atoms with Gasteiger partial charge in [-0.1, -0.05) is 18.2 Å². The Morgan fingerprint density at radius 1 is 1.00 bits per heavy atom. The molecule has 3 rings (SSSR count). The molecule has 0 bridgehead atoms. The molecule has 1 aromatic heterocycles. The maximum absolute atomic E-state index is 13.6. The number of carbonyl (C=O) groups is 1. The molecule has 0 aliphatic carbocycles. The van der Waals surface area contributed by atoms with Crippen molar-refractivity contribution in [3.8, 4) is 6.07 Å². The van der Waals surface area contributed by atoms with Gasteiger partial charge in [-0.15, -0.1) is 0 Å². The van der Waals surface area contributed by atoms with Crippen molar-refractivity contribution in [2.24, 2.45) is 0 Å². The summed E-state index contributed by atoms with van der Waals surface area (Å²) in [6.45, 7) is 0. The van der Waals surface area contributed by atoms with Crippen molar-refractivity contribution in [3.05, 3.63) is 83.6 Å². The minimum atomic E-state index is -0.863. The van der Waals surface area contributed by atoms with Crippen molar-refractivity contribution < 1.29 is 13.6 Å². The number of pyridine rings is 1. The zero-order valence-corrected chi connectivity index (χ0v) is 13.3. The number of anilines is 3. The first-order valence-corrected chi connectivity index (χ1v) is 7.56. The lowest BCUT2D eigenvalue weighted by molar-refractivity contribution is 0.102. The largest absolute Gasteiger partial charge is 0.339 e. The first-order valence-electron chi connectivity index (χ1n) is 7.56. The Morgan fingerprint density at radius 3 is 2.38 bits per heavy atom. The van der Waals surface area contributed by atoms with Crippen molar-refractivity contribution in [1.29, 1.82) is 5.26 Å². The Labute approximate surface area is 147 Å². The molecule has 0 fully saturated rings. The highest BCUT2D eigenvalue weighted by Gasteiger charge is 2.13. The summed E-state index contributed by atoms with van der Waals surface area (Å²) in [5.74, 6) is -2.00. The second-order valence-electron chi connectivity index (χ2n) is 5.27. The van der Waals surface area contributed by atoms with Crippen LogP contribution in [0.1, 0.15) is 15.9 Å². The van der Waals surface area contributed by atoms with E-state index in [1.165, 1.54) is 24.4 Å². The zero-order valence-electron chi connectivity index (χ0n) is 13.3. The molecule has 3 aromatic rings. The molecule has 0 atom stereocenters. The molecule has 0 radical (unpaired) electrons. The number of rotatable bonds is 4. The van der Waals surface area contributed by atoms with E-state index < -0.39 is 23.2 Å². The molecule has 0 saturated heterocycles. The van der Waals surface area contributed by atoms with Crippen LogP contribution in [0, 0.1) is 23.0 Å². The van der Waals surface area contributed by atoms with Crippen molar-refractivity contribution in [2.75, 3.05) is 10.6 Å². The van der Waals surface area contributed by atoms with Gasteiger partial charge in [0.15, 0.2) is 0 Å². The van der Waals surface area contributed by atoms with Gasteiger partial charge in [-0.05, 0) is 36.4 Å². The van der Waals surface area contributed by atoms with Crippen LogP contribution in [0.2, 0.25) is 0 Å². The predicted molar refractivity (Wildman–Crippen MR) is 93.0 cm³/mol. The second kappa shape index (κ2) is 7.40. The highest BCUT2D eigenvalue weighted by atomic mass is 19.1. The average molecular weight is 350 g/mol. The van der Waals surface area contributed by atoms with Gasteiger partial charge in [0.05, 0.1) is 16.8 Å². The molecule has 26 heavy (non-hydrogen) atoms. The molecular formula is C19H12F2N4O. The molecule has 0 spiro atoms. The van der Waals surface area contributed by atoms with Crippen LogP contribution in [0.5, 0.6) is 0 Å². The van der Waals surface area contributed by atoms with E-state index in [1.54, 1.807) is 24.3 Å². The number of aromatic nitrogens is 1. The van der Waals surface area contributed by atoms with Gasteiger partial charge < -0.3 is 10.6 Å². The van der Waals surface area contributed by atoms with E-state index in [0.29, 0.717) is 17.1 Å². The first kappa shape index (κ1) is 17.0. The lowest BCUT2D eigenvalue weighted by Gasteiger charge is -2.09. The fraction of sp³-hybridized carbons (Fsp3) is 0. The van der Waals surface area contributed by atoms with E-state index in [4.69, 9.17) is 5.26 Å². The van der Waals surface area contributed by atoms with E-state index in [-0.39, 0.29) is 5.56 Å². The fourth-order valence-electron chi connectivity index (χ4n) is 2.23. The van der Waals surface area contributed by atoms with Crippen LogP contribution in [-0.4, -0.2) is 10.9 Å². The Morgan fingerprint density at radius 2 is 1.73 bits per heavy atom. The number of carbonyl (C=O) groups excluding carboxylic acids is 1. The van der Waals surface area contributed by atoms with Crippen LogP contribution in [-0.2, 0) is 0 Å². The summed E-state index contributed by atoms with van der Waals surface area (Å²) in [5.41, 5.74) is 0.647. The smallest absolute Gasteiger partial charge is 0.257 e. The van der Waals surface area contributed by atoms with Crippen LogP contribution in [0.4, 0.5) is 26.0 Å².